The number of aryl methyl sites for hydroxylation is 1. The quantitative estimate of drug-likeness (QED) is 0.298. The minimum atomic E-state index is 0. The number of halogens is 1. The van der Waals surface area contributed by atoms with E-state index in [0.29, 0.717) is 6.54 Å². The second kappa shape index (κ2) is 11.5. The van der Waals surface area contributed by atoms with Crippen LogP contribution in [-0.2, 0) is 13.0 Å². The molecular weight excluding hydrogens is 403 g/mol. The van der Waals surface area contributed by atoms with E-state index in [4.69, 9.17) is 4.52 Å². The molecule has 0 saturated carbocycles. The fourth-order valence-corrected chi connectivity index (χ4v) is 2.57. The van der Waals surface area contributed by atoms with Crippen LogP contribution in [0.2, 0.25) is 0 Å². The lowest BCUT2D eigenvalue weighted by Gasteiger charge is -2.14. The fourth-order valence-electron chi connectivity index (χ4n) is 2.57. The van der Waals surface area contributed by atoms with Gasteiger partial charge < -0.3 is 15.2 Å². The highest BCUT2D eigenvalue weighted by atomic mass is 127. The van der Waals surface area contributed by atoms with Gasteiger partial charge in [0.05, 0.1) is 5.69 Å². The van der Waals surface area contributed by atoms with E-state index in [2.05, 4.69) is 40.7 Å². The Balaban J connectivity index is 0.00000264. The van der Waals surface area contributed by atoms with Crippen LogP contribution in [0.15, 0.2) is 27.2 Å². The summed E-state index contributed by atoms with van der Waals surface area (Å²) in [6, 6.07) is 1.97. The fraction of sp³-hybridized carbons (Fsp3) is 0.647. The van der Waals surface area contributed by atoms with E-state index in [1.165, 1.54) is 25.7 Å². The molecule has 1 heterocycles. The highest BCUT2D eigenvalue weighted by Gasteiger charge is 2.05. The summed E-state index contributed by atoms with van der Waals surface area (Å²) in [5, 5.41) is 10.7. The number of guanidine groups is 1. The monoisotopic (exact) mass is 432 g/mol. The molecule has 6 heteroatoms. The van der Waals surface area contributed by atoms with Gasteiger partial charge in [-0.2, -0.15) is 0 Å². The van der Waals surface area contributed by atoms with Crippen molar-refractivity contribution in [3.05, 3.63) is 29.2 Å². The standard InChI is InChI=1S/C17H28N4O.HI/c1-3-15-12-16(22-21-15)13-20-17(18-4-2)19-11-10-14-8-6-5-7-9-14;/h8,12H,3-7,9-11,13H2,1-2H3,(H2,18,19,20);1H. The average molecular weight is 432 g/mol. The molecule has 0 aliphatic heterocycles. The van der Waals surface area contributed by atoms with Gasteiger partial charge in [0.2, 0.25) is 0 Å². The Bertz CT molecular complexity index is 510. The molecule has 2 N–H and O–H groups in total. The number of aliphatic imine (C=N–C) groups is 1. The lowest BCUT2D eigenvalue weighted by atomic mass is 9.97. The predicted molar refractivity (Wildman–Crippen MR) is 105 cm³/mol. The summed E-state index contributed by atoms with van der Waals surface area (Å²) in [6.07, 6.45) is 9.58. The van der Waals surface area contributed by atoms with Gasteiger partial charge in [0.1, 0.15) is 6.54 Å². The van der Waals surface area contributed by atoms with E-state index in [-0.39, 0.29) is 24.0 Å². The molecule has 5 nitrogen and oxygen atoms in total. The molecule has 2 rings (SSSR count). The SMILES string of the molecule is CCNC(=NCc1cc(CC)no1)NCCC1=CCCCC1.I. The van der Waals surface area contributed by atoms with Crippen LogP contribution in [-0.4, -0.2) is 24.2 Å². The average Bonchev–Trinajstić information content (AvgIpc) is 3.02. The van der Waals surface area contributed by atoms with E-state index >= 15 is 0 Å². The Morgan fingerprint density at radius 3 is 2.83 bits per heavy atom. The van der Waals surface area contributed by atoms with Crippen molar-refractivity contribution in [1.29, 1.82) is 0 Å². The van der Waals surface area contributed by atoms with Crippen molar-refractivity contribution >= 4 is 29.9 Å². The van der Waals surface area contributed by atoms with E-state index in [9.17, 15) is 0 Å². The first kappa shape index (κ1) is 20.0. The summed E-state index contributed by atoms with van der Waals surface area (Å²) in [5.41, 5.74) is 2.56. The summed E-state index contributed by atoms with van der Waals surface area (Å²) < 4.78 is 5.26. The Kier molecular flexibility index (Phi) is 9.98. The topological polar surface area (TPSA) is 62.5 Å². The number of nitrogens with zero attached hydrogens (tertiary/aromatic N) is 2. The number of allylic oxidation sites excluding steroid dienone is 1. The van der Waals surface area contributed by atoms with Gasteiger partial charge in [0, 0.05) is 19.2 Å². The Morgan fingerprint density at radius 2 is 2.17 bits per heavy atom. The second-order valence-electron chi connectivity index (χ2n) is 5.62. The van der Waals surface area contributed by atoms with E-state index in [0.717, 1.165) is 43.3 Å². The van der Waals surface area contributed by atoms with Crippen LogP contribution in [0.1, 0.15) is 57.4 Å². The van der Waals surface area contributed by atoms with Crippen molar-refractivity contribution in [1.82, 2.24) is 15.8 Å². The first-order chi connectivity index (χ1) is 10.8. The molecular formula is C17H29IN4O. The van der Waals surface area contributed by atoms with Crippen LogP contribution in [0.5, 0.6) is 0 Å². The summed E-state index contributed by atoms with van der Waals surface area (Å²) in [4.78, 5) is 4.56. The number of aromatic nitrogens is 1. The zero-order valence-electron chi connectivity index (χ0n) is 14.2. The molecule has 0 amide bonds. The minimum Gasteiger partial charge on any atom is -0.359 e. The highest BCUT2D eigenvalue weighted by Crippen LogP contribution is 2.19. The van der Waals surface area contributed by atoms with Crippen LogP contribution in [0.3, 0.4) is 0 Å². The van der Waals surface area contributed by atoms with E-state index in [1.807, 2.05) is 6.07 Å². The third-order valence-corrected chi connectivity index (χ3v) is 3.83. The van der Waals surface area contributed by atoms with Gasteiger partial charge in [-0.1, -0.05) is 23.7 Å². The summed E-state index contributed by atoms with van der Waals surface area (Å²) in [6.45, 7) is 6.44. The Hall–Kier alpha value is -1.05. The van der Waals surface area contributed by atoms with Crippen molar-refractivity contribution in [2.45, 2.75) is 58.9 Å². The third-order valence-electron chi connectivity index (χ3n) is 3.83. The van der Waals surface area contributed by atoms with Gasteiger partial charge in [-0.3, -0.25) is 0 Å². The maximum Gasteiger partial charge on any atom is 0.191 e. The van der Waals surface area contributed by atoms with Crippen LogP contribution in [0.25, 0.3) is 0 Å². The van der Waals surface area contributed by atoms with Gasteiger partial charge in [-0.25, -0.2) is 4.99 Å². The molecule has 0 atom stereocenters. The molecule has 0 fully saturated rings. The van der Waals surface area contributed by atoms with Crippen molar-refractivity contribution in [3.63, 3.8) is 0 Å². The molecule has 1 aliphatic carbocycles. The van der Waals surface area contributed by atoms with Gasteiger partial charge in [0.25, 0.3) is 0 Å². The molecule has 0 bridgehead atoms. The summed E-state index contributed by atoms with van der Waals surface area (Å²) >= 11 is 0. The van der Waals surface area contributed by atoms with E-state index in [1.54, 1.807) is 5.57 Å². The van der Waals surface area contributed by atoms with Crippen molar-refractivity contribution in [2.24, 2.45) is 4.99 Å². The number of nitrogens with one attached hydrogen (secondary N) is 2. The maximum atomic E-state index is 5.26. The smallest absolute Gasteiger partial charge is 0.191 e. The van der Waals surface area contributed by atoms with Crippen LogP contribution in [0, 0.1) is 0 Å². The predicted octanol–water partition coefficient (Wildman–Crippen LogP) is 3.80. The molecule has 1 aromatic heterocycles. The molecule has 1 aromatic rings. The maximum absolute atomic E-state index is 5.26. The van der Waals surface area contributed by atoms with E-state index < -0.39 is 0 Å². The first-order valence-electron chi connectivity index (χ1n) is 8.46. The molecule has 130 valence electrons. The van der Waals surface area contributed by atoms with Crippen molar-refractivity contribution < 1.29 is 4.52 Å². The Labute approximate surface area is 156 Å². The Morgan fingerprint density at radius 1 is 1.30 bits per heavy atom. The lowest BCUT2D eigenvalue weighted by molar-refractivity contribution is 0.379. The lowest BCUT2D eigenvalue weighted by Crippen LogP contribution is -2.37. The zero-order valence-corrected chi connectivity index (χ0v) is 16.6. The molecule has 0 saturated heterocycles. The largest absolute Gasteiger partial charge is 0.359 e. The third kappa shape index (κ3) is 7.37. The summed E-state index contributed by atoms with van der Waals surface area (Å²) in [7, 11) is 0. The molecule has 1 aliphatic rings. The second-order valence-corrected chi connectivity index (χ2v) is 5.62. The van der Waals surface area contributed by atoms with Crippen LogP contribution < -0.4 is 10.6 Å². The minimum absolute atomic E-state index is 0. The molecule has 0 unspecified atom stereocenters. The van der Waals surface area contributed by atoms with Crippen molar-refractivity contribution in [3.8, 4) is 0 Å². The van der Waals surface area contributed by atoms with Crippen LogP contribution in [0.4, 0.5) is 0 Å². The normalized spacial score (nSPS) is 14.9. The van der Waals surface area contributed by atoms with Gasteiger partial charge >= 0.3 is 0 Å². The van der Waals surface area contributed by atoms with Gasteiger partial charge in [0.15, 0.2) is 11.7 Å². The first-order valence-corrected chi connectivity index (χ1v) is 8.46. The zero-order chi connectivity index (χ0) is 15.6. The molecule has 0 radical (unpaired) electrons. The van der Waals surface area contributed by atoms with Gasteiger partial charge in [-0.05, 0) is 45.4 Å². The summed E-state index contributed by atoms with van der Waals surface area (Å²) in [5.74, 6) is 1.65. The molecule has 0 aromatic carbocycles. The van der Waals surface area contributed by atoms with Gasteiger partial charge in [-0.15, -0.1) is 24.0 Å². The van der Waals surface area contributed by atoms with Crippen LogP contribution >= 0.6 is 24.0 Å². The highest BCUT2D eigenvalue weighted by molar-refractivity contribution is 14.0. The number of rotatable bonds is 7. The molecule has 23 heavy (non-hydrogen) atoms. The van der Waals surface area contributed by atoms with Crippen molar-refractivity contribution in [2.75, 3.05) is 13.1 Å². The number of hydrogen-bond acceptors (Lipinski definition) is 3. The number of hydrogen-bond donors (Lipinski definition) is 2. The molecule has 0 spiro atoms.